The molecule has 1 fully saturated rings. The number of aromatic hydroxyl groups is 1. The van der Waals surface area contributed by atoms with Gasteiger partial charge in [0.25, 0.3) is 0 Å². The van der Waals surface area contributed by atoms with Crippen LogP contribution in [0.4, 0.5) is 0 Å². The molecule has 0 unspecified atom stereocenters. The van der Waals surface area contributed by atoms with Crippen molar-refractivity contribution in [1.82, 2.24) is 19.4 Å². The van der Waals surface area contributed by atoms with Gasteiger partial charge >= 0.3 is 0 Å². The van der Waals surface area contributed by atoms with Crippen molar-refractivity contribution >= 4 is 5.91 Å². The molecular weight excluding hydrogens is 352 g/mol. The number of phenols is 1. The molecular formula is C22H24N4O2. The van der Waals surface area contributed by atoms with Gasteiger partial charge in [0.2, 0.25) is 5.91 Å². The Morgan fingerprint density at radius 3 is 2.68 bits per heavy atom. The monoisotopic (exact) mass is 376 g/mol. The topological polar surface area (TPSA) is 71.2 Å². The van der Waals surface area contributed by atoms with Crippen LogP contribution in [0.25, 0.3) is 0 Å². The summed E-state index contributed by atoms with van der Waals surface area (Å²) in [4.78, 5) is 23.3. The maximum Gasteiger partial charge on any atom is 0.227 e. The van der Waals surface area contributed by atoms with Crippen LogP contribution < -0.4 is 0 Å². The lowest BCUT2D eigenvalue weighted by molar-refractivity contribution is -0.131. The predicted octanol–water partition coefficient (Wildman–Crippen LogP) is 2.98. The molecule has 1 aliphatic rings. The largest absolute Gasteiger partial charge is 0.508 e. The highest BCUT2D eigenvalue weighted by atomic mass is 16.3. The smallest absolute Gasteiger partial charge is 0.227 e. The normalized spacial score (nSPS) is 14.9. The first kappa shape index (κ1) is 18.2. The summed E-state index contributed by atoms with van der Waals surface area (Å²) >= 11 is 0. The van der Waals surface area contributed by atoms with Crippen molar-refractivity contribution in [1.29, 1.82) is 0 Å². The fraction of sp³-hybridized carbons (Fsp3) is 0.318. The Morgan fingerprint density at radius 2 is 1.93 bits per heavy atom. The van der Waals surface area contributed by atoms with Gasteiger partial charge in [-0.2, -0.15) is 0 Å². The van der Waals surface area contributed by atoms with Crippen molar-refractivity contribution in [3.8, 4) is 5.75 Å². The Bertz CT molecular complexity index is 930. The van der Waals surface area contributed by atoms with E-state index in [1.165, 1.54) is 0 Å². The van der Waals surface area contributed by atoms with Gasteiger partial charge in [-0.25, -0.2) is 4.98 Å². The van der Waals surface area contributed by atoms with Crippen LogP contribution in [0.5, 0.6) is 5.75 Å². The molecule has 0 saturated carbocycles. The highest BCUT2D eigenvalue weighted by Crippen LogP contribution is 2.28. The van der Waals surface area contributed by atoms with E-state index < -0.39 is 0 Å². The molecule has 0 aliphatic carbocycles. The van der Waals surface area contributed by atoms with Gasteiger partial charge in [-0.3, -0.25) is 9.78 Å². The second-order valence-corrected chi connectivity index (χ2v) is 7.24. The minimum Gasteiger partial charge on any atom is -0.508 e. The fourth-order valence-corrected chi connectivity index (χ4v) is 3.82. The Kier molecular flexibility index (Phi) is 5.37. The number of nitrogens with zero attached hydrogens (tertiary/aromatic N) is 4. The number of piperidine rings is 1. The van der Waals surface area contributed by atoms with Gasteiger partial charge in [-0.15, -0.1) is 0 Å². The maximum atomic E-state index is 12.6. The van der Waals surface area contributed by atoms with Crippen LogP contribution in [-0.4, -0.2) is 43.5 Å². The van der Waals surface area contributed by atoms with E-state index in [0.29, 0.717) is 11.5 Å². The third-order valence-corrected chi connectivity index (χ3v) is 5.37. The van der Waals surface area contributed by atoms with E-state index in [1.54, 1.807) is 24.4 Å². The quantitative estimate of drug-likeness (QED) is 0.743. The molecule has 2 aromatic heterocycles. The molecule has 28 heavy (non-hydrogen) atoms. The molecule has 0 atom stereocenters. The summed E-state index contributed by atoms with van der Waals surface area (Å²) in [6.07, 6.45) is 9.56. The van der Waals surface area contributed by atoms with Crippen molar-refractivity contribution in [2.75, 3.05) is 13.1 Å². The second kappa shape index (κ2) is 8.25. The van der Waals surface area contributed by atoms with Gasteiger partial charge in [0, 0.05) is 49.4 Å². The van der Waals surface area contributed by atoms with Crippen molar-refractivity contribution in [2.45, 2.75) is 31.7 Å². The summed E-state index contributed by atoms with van der Waals surface area (Å²) in [5.41, 5.74) is 1.83. The Balaban J connectivity index is 1.36. The van der Waals surface area contributed by atoms with Gasteiger partial charge in [0.05, 0.1) is 13.0 Å². The minimum absolute atomic E-state index is 0.0682. The zero-order chi connectivity index (χ0) is 19.3. The zero-order valence-corrected chi connectivity index (χ0v) is 15.7. The third-order valence-electron chi connectivity index (χ3n) is 5.37. The highest BCUT2D eigenvalue weighted by molar-refractivity contribution is 5.79. The third kappa shape index (κ3) is 4.06. The van der Waals surface area contributed by atoms with Gasteiger partial charge in [0.15, 0.2) is 0 Å². The summed E-state index contributed by atoms with van der Waals surface area (Å²) in [5.74, 6) is 1.68. The molecule has 6 heteroatoms. The van der Waals surface area contributed by atoms with Gasteiger partial charge in [0.1, 0.15) is 11.6 Å². The lowest BCUT2D eigenvalue weighted by atomic mass is 9.95. The van der Waals surface area contributed by atoms with Gasteiger partial charge < -0.3 is 14.6 Å². The number of benzene rings is 1. The first-order valence-corrected chi connectivity index (χ1v) is 9.65. The van der Waals surface area contributed by atoms with Crippen LogP contribution in [0.15, 0.2) is 61.2 Å². The van der Waals surface area contributed by atoms with Crippen LogP contribution in [0, 0.1) is 0 Å². The number of hydrogen-bond donors (Lipinski definition) is 1. The molecule has 144 valence electrons. The number of rotatable bonds is 5. The van der Waals surface area contributed by atoms with Crippen LogP contribution in [0.3, 0.4) is 0 Å². The molecule has 6 nitrogen and oxygen atoms in total. The average molecular weight is 376 g/mol. The van der Waals surface area contributed by atoms with E-state index in [9.17, 15) is 9.90 Å². The number of aromatic nitrogens is 3. The molecule has 0 bridgehead atoms. The maximum absolute atomic E-state index is 12.6. The summed E-state index contributed by atoms with van der Waals surface area (Å²) in [6.45, 7) is 2.20. The average Bonchev–Trinajstić information content (AvgIpc) is 3.18. The lowest BCUT2D eigenvalue weighted by Crippen LogP contribution is -2.39. The number of likely N-dealkylation sites (tertiary alicyclic amines) is 1. The zero-order valence-electron chi connectivity index (χ0n) is 15.7. The number of para-hydroxylation sites is 1. The van der Waals surface area contributed by atoms with Crippen LogP contribution >= 0.6 is 0 Å². The highest BCUT2D eigenvalue weighted by Gasteiger charge is 2.26. The number of pyridine rings is 1. The van der Waals surface area contributed by atoms with Gasteiger partial charge in [-0.1, -0.05) is 24.3 Å². The Labute approximate surface area is 164 Å². The number of amides is 1. The number of phenolic OH excluding ortho intramolecular Hbond substituents is 1. The molecule has 1 saturated heterocycles. The standard InChI is InChI=1S/C22H24N4O2/c27-20-6-2-1-5-19(20)14-21(28)25-11-7-18(8-12-25)22-24-10-13-26(22)16-17-4-3-9-23-15-17/h1-6,9-10,13,15,18,27H,7-8,11-12,14,16H2. The van der Waals surface area contributed by atoms with Crippen LogP contribution in [0.2, 0.25) is 0 Å². The van der Waals surface area contributed by atoms with E-state index >= 15 is 0 Å². The predicted molar refractivity (Wildman–Crippen MR) is 106 cm³/mol. The lowest BCUT2D eigenvalue weighted by Gasteiger charge is -2.32. The van der Waals surface area contributed by atoms with E-state index in [0.717, 1.165) is 43.9 Å². The summed E-state index contributed by atoms with van der Waals surface area (Å²) in [6, 6.07) is 11.0. The molecule has 1 aliphatic heterocycles. The van der Waals surface area contributed by atoms with E-state index in [2.05, 4.69) is 20.6 Å². The molecule has 0 spiro atoms. The van der Waals surface area contributed by atoms with Crippen molar-refractivity contribution in [3.63, 3.8) is 0 Å². The van der Waals surface area contributed by atoms with E-state index in [-0.39, 0.29) is 18.1 Å². The SMILES string of the molecule is O=C(Cc1ccccc1O)N1CCC(c2nccn2Cc2cccnc2)CC1. The van der Waals surface area contributed by atoms with Crippen molar-refractivity contribution in [2.24, 2.45) is 0 Å². The Morgan fingerprint density at radius 1 is 1.11 bits per heavy atom. The minimum atomic E-state index is 0.0682. The van der Waals surface area contributed by atoms with Crippen molar-refractivity contribution < 1.29 is 9.90 Å². The number of imidazole rings is 1. The van der Waals surface area contributed by atoms with E-state index in [4.69, 9.17) is 0 Å². The molecule has 4 rings (SSSR count). The molecule has 1 aromatic carbocycles. The van der Waals surface area contributed by atoms with Crippen LogP contribution in [-0.2, 0) is 17.8 Å². The van der Waals surface area contributed by atoms with E-state index in [1.807, 2.05) is 35.6 Å². The first-order chi connectivity index (χ1) is 13.7. The molecule has 3 aromatic rings. The number of carbonyl (C=O) groups is 1. The van der Waals surface area contributed by atoms with Crippen LogP contribution in [0.1, 0.15) is 35.7 Å². The molecule has 1 N–H and O–H groups in total. The van der Waals surface area contributed by atoms with Crippen molar-refractivity contribution in [3.05, 3.63) is 78.1 Å². The first-order valence-electron chi connectivity index (χ1n) is 9.65. The molecule has 1 amide bonds. The summed E-state index contributed by atoms with van der Waals surface area (Å²) < 4.78 is 2.18. The molecule has 3 heterocycles. The number of carbonyl (C=O) groups excluding carboxylic acids is 1. The summed E-state index contributed by atoms with van der Waals surface area (Å²) in [7, 11) is 0. The Hall–Kier alpha value is -3.15. The second-order valence-electron chi connectivity index (χ2n) is 7.24. The fourth-order valence-electron chi connectivity index (χ4n) is 3.82. The van der Waals surface area contributed by atoms with Gasteiger partial charge in [-0.05, 0) is 30.5 Å². The summed E-state index contributed by atoms with van der Waals surface area (Å²) in [5, 5.41) is 9.89. The number of hydrogen-bond acceptors (Lipinski definition) is 4. The molecule has 0 radical (unpaired) electrons.